The van der Waals surface area contributed by atoms with Gasteiger partial charge in [-0.2, -0.15) is 5.10 Å². The minimum absolute atomic E-state index is 0.0334. The number of hydrogen-bond acceptors (Lipinski definition) is 3. The van der Waals surface area contributed by atoms with Crippen LogP contribution in [0.15, 0.2) is 53.6 Å². The summed E-state index contributed by atoms with van der Waals surface area (Å²) >= 11 is 0. The molecule has 0 aliphatic carbocycles. The maximum absolute atomic E-state index is 12.9. The maximum Gasteiger partial charge on any atom is 0.240 e. The highest BCUT2D eigenvalue weighted by molar-refractivity contribution is 5.99. The number of hydrogen-bond donors (Lipinski definition) is 2. The molecule has 0 fully saturated rings. The minimum atomic E-state index is -0.421. The van der Waals surface area contributed by atoms with E-state index in [1.165, 1.54) is 36.4 Å². The molecule has 0 unspecified atom stereocenters. The van der Waals surface area contributed by atoms with E-state index in [-0.39, 0.29) is 24.6 Å². The third kappa shape index (κ3) is 6.14. The highest BCUT2D eigenvalue weighted by Gasteiger charge is 2.07. The van der Waals surface area contributed by atoms with Gasteiger partial charge < -0.3 is 5.32 Å². The van der Waals surface area contributed by atoms with Crippen molar-refractivity contribution in [3.05, 3.63) is 65.7 Å². The predicted molar refractivity (Wildman–Crippen MR) is 91.0 cm³/mol. The Labute approximate surface area is 143 Å². The largest absolute Gasteiger partial charge is 0.326 e. The van der Waals surface area contributed by atoms with Crippen LogP contribution in [0.4, 0.5) is 14.5 Å². The van der Waals surface area contributed by atoms with E-state index < -0.39 is 11.7 Å². The third-order valence-corrected chi connectivity index (χ3v) is 3.32. The normalized spacial score (nSPS) is 11.1. The third-order valence-electron chi connectivity index (χ3n) is 3.32. The summed E-state index contributed by atoms with van der Waals surface area (Å²) in [5.41, 5.74) is 4.00. The summed E-state index contributed by atoms with van der Waals surface area (Å²) in [5, 5.41) is 6.48. The van der Waals surface area contributed by atoms with Crippen molar-refractivity contribution in [2.24, 2.45) is 5.10 Å². The van der Waals surface area contributed by atoms with Gasteiger partial charge in [-0.25, -0.2) is 14.2 Å². The number of benzene rings is 2. The molecule has 0 saturated carbocycles. The molecule has 0 heterocycles. The zero-order valence-corrected chi connectivity index (χ0v) is 13.6. The second-order valence-corrected chi connectivity index (χ2v) is 5.29. The fourth-order valence-corrected chi connectivity index (χ4v) is 1.94. The van der Waals surface area contributed by atoms with E-state index in [9.17, 15) is 18.4 Å². The smallest absolute Gasteiger partial charge is 0.240 e. The SMILES string of the molecule is CC(=NNC(=O)CCC(=O)Nc1ccc(F)cc1)c1ccc(F)cc1. The second kappa shape index (κ2) is 8.68. The molecule has 2 aromatic carbocycles. The quantitative estimate of drug-likeness (QED) is 0.623. The molecule has 0 bridgehead atoms. The first-order valence-electron chi connectivity index (χ1n) is 7.58. The van der Waals surface area contributed by atoms with Gasteiger partial charge in [-0.1, -0.05) is 12.1 Å². The molecule has 7 heteroatoms. The van der Waals surface area contributed by atoms with Crippen molar-refractivity contribution in [2.75, 3.05) is 5.32 Å². The molecule has 0 spiro atoms. The van der Waals surface area contributed by atoms with Gasteiger partial charge in [0.15, 0.2) is 0 Å². The van der Waals surface area contributed by atoms with E-state index in [4.69, 9.17) is 0 Å². The highest BCUT2D eigenvalue weighted by Crippen LogP contribution is 2.09. The van der Waals surface area contributed by atoms with Crippen LogP contribution in [-0.4, -0.2) is 17.5 Å². The first-order chi connectivity index (χ1) is 11.9. The number of hydrazone groups is 1. The van der Waals surface area contributed by atoms with Gasteiger partial charge in [0.2, 0.25) is 11.8 Å². The lowest BCUT2D eigenvalue weighted by Crippen LogP contribution is -2.21. The van der Waals surface area contributed by atoms with Gasteiger partial charge in [-0.05, 0) is 48.9 Å². The van der Waals surface area contributed by atoms with Crippen LogP contribution in [0.25, 0.3) is 0 Å². The minimum Gasteiger partial charge on any atom is -0.326 e. The molecule has 130 valence electrons. The molecule has 0 aliphatic rings. The first-order valence-corrected chi connectivity index (χ1v) is 7.58. The van der Waals surface area contributed by atoms with Crippen LogP contribution in [0.2, 0.25) is 0 Å². The van der Waals surface area contributed by atoms with Gasteiger partial charge in [0, 0.05) is 18.5 Å². The standard InChI is InChI=1S/C18H17F2N3O2/c1-12(13-2-4-14(19)5-3-13)22-23-18(25)11-10-17(24)21-16-8-6-15(20)7-9-16/h2-9H,10-11H2,1H3,(H,21,24)(H,23,25). The number of halogens is 2. The summed E-state index contributed by atoms with van der Waals surface area (Å²) in [6.45, 7) is 1.68. The van der Waals surface area contributed by atoms with Crippen molar-refractivity contribution in [2.45, 2.75) is 19.8 Å². The zero-order chi connectivity index (χ0) is 18.2. The molecule has 0 saturated heterocycles. The van der Waals surface area contributed by atoms with Gasteiger partial charge in [0.05, 0.1) is 5.71 Å². The summed E-state index contributed by atoms with van der Waals surface area (Å²) in [6, 6.07) is 11.0. The number of carbonyl (C=O) groups excluding carboxylic acids is 2. The fourth-order valence-electron chi connectivity index (χ4n) is 1.94. The predicted octanol–water partition coefficient (Wildman–Crippen LogP) is 3.22. The summed E-state index contributed by atoms with van der Waals surface area (Å²) in [6.07, 6.45) is -0.0818. The van der Waals surface area contributed by atoms with Gasteiger partial charge in [-0.15, -0.1) is 0 Å². The van der Waals surface area contributed by atoms with Crippen LogP contribution in [0.3, 0.4) is 0 Å². The number of anilines is 1. The molecule has 2 N–H and O–H groups in total. The Balaban J connectivity index is 1.77. The summed E-state index contributed by atoms with van der Waals surface area (Å²) < 4.78 is 25.6. The molecule has 25 heavy (non-hydrogen) atoms. The molecule has 0 radical (unpaired) electrons. The number of carbonyl (C=O) groups is 2. The summed E-state index contributed by atoms with van der Waals surface area (Å²) in [7, 11) is 0. The summed E-state index contributed by atoms with van der Waals surface area (Å²) in [5.74, 6) is -1.53. The average Bonchev–Trinajstić information content (AvgIpc) is 2.60. The van der Waals surface area contributed by atoms with Crippen molar-refractivity contribution >= 4 is 23.2 Å². The van der Waals surface area contributed by atoms with E-state index in [0.29, 0.717) is 17.0 Å². The Kier molecular flexibility index (Phi) is 6.33. The van der Waals surface area contributed by atoms with Crippen LogP contribution < -0.4 is 10.7 Å². The molecule has 5 nitrogen and oxygen atoms in total. The molecule has 0 atom stereocenters. The Bertz CT molecular complexity index is 772. The van der Waals surface area contributed by atoms with Crippen molar-refractivity contribution in [1.82, 2.24) is 5.43 Å². The van der Waals surface area contributed by atoms with Crippen LogP contribution in [0.1, 0.15) is 25.3 Å². The van der Waals surface area contributed by atoms with Crippen molar-refractivity contribution < 1.29 is 18.4 Å². The van der Waals surface area contributed by atoms with Crippen LogP contribution in [0.5, 0.6) is 0 Å². The lowest BCUT2D eigenvalue weighted by molar-refractivity contribution is -0.124. The van der Waals surface area contributed by atoms with Gasteiger partial charge in [0.25, 0.3) is 0 Å². The highest BCUT2D eigenvalue weighted by atomic mass is 19.1. The van der Waals surface area contributed by atoms with Crippen LogP contribution >= 0.6 is 0 Å². The van der Waals surface area contributed by atoms with Crippen molar-refractivity contribution in [3.63, 3.8) is 0 Å². The van der Waals surface area contributed by atoms with Gasteiger partial charge in [-0.3, -0.25) is 9.59 Å². The number of amides is 2. The zero-order valence-electron chi connectivity index (χ0n) is 13.6. The molecular weight excluding hydrogens is 328 g/mol. The maximum atomic E-state index is 12.9. The molecule has 0 aromatic heterocycles. The van der Waals surface area contributed by atoms with E-state index >= 15 is 0 Å². The average molecular weight is 345 g/mol. The summed E-state index contributed by atoms with van der Waals surface area (Å²) in [4.78, 5) is 23.5. The van der Waals surface area contributed by atoms with E-state index in [0.717, 1.165) is 0 Å². The molecule has 2 amide bonds. The van der Waals surface area contributed by atoms with E-state index in [1.54, 1.807) is 19.1 Å². The molecular formula is C18H17F2N3O2. The first kappa shape index (κ1) is 18.3. The van der Waals surface area contributed by atoms with Crippen molar-refractivity contribution in [3.8, 4) is 0 Å². The topological polar surface area (TPSA) is 70.6 Å². The Morgan fingerprint density at radius 2 is 1.40 bits per heavy atom. The monoisotopic (exact) mass is 345 g/mol. The van der Waals surface area contributed by atoms with E-state index in [2.05, 4.69) is 15.8 Å². The van der Waals surface area contributed by atoms with Gasteiger partial charge in [0.1, 0.15) is 11.6 Å². The van der Waals surface area contributed by atoms with E-state index in [1.807, 2.05) is 0 Å². The lowest BCUT2D eigenvalue weighted by Gasteiger charge is -2.05. The lowest BCUT2D eigenvalue weighted by atomic mass is 10.1. The second-order valence-electron chi connectivity index (χ2n) is 5.29. The van der Waals surface area contributed by atoms with Gasteiger partial charge >= 0.3 is 0 Å². The number of nitrogens with zero attached hydrogens (tertiary/aromatic N) is 1. The van der Waals surface area contributed by atoms with Crippen LogP contribution in [-0.2, 0) is 9.59 Å². The molecule has 2 rings (SSSR count). The Hall–Kier alpha value is -3.09. The Morgan fingerprint density at radius 3 is 2.00 bits per heavy atom. The van der Waals surface area contributed by atoms with Crippen LogP contribution in [0, 0.1) is 11.6 Å². The van der Waals surface area contributed by atoms with Crippen molar-refractivity contribution in [1.29, 1.82) is 0 Å². The molecule has 2 aromatic rings. The number of rotatable bonds is 6. The Morgan fingerprint density at radius 1 is 0.880 bits per heavy atom. The molecule has 0 aliphatic heterocycles. The number of nitrogens with one attached hydrogen (secondary N) is 2. The fraction of sp³-hybridized carbons (Fsp3) is 0.167.